The molecule has 1 fully saturated rings. The van der Waals surface area contributed by atoms with E-state index in [1.807, 2.05) is 0 Å². The second-order valence-corrected chi connectivity index (χ2v) is 6.08. The Kier molecular flexibility index (Phi) is 4.92. The van der Waals surface area contributed by atoms with Gasteiger partial charge in [-0.25, -0.2) is 4.98 Å². The molecule has 0 spiro atoms. The van der Waals surface area contributed by atoms with Crippen molar-refractivity contribution in [1.29, 1.82) is 0 Å². The van der Waals surface area contributed by atoms with Crippen LogP contribution in [-0.2, 0) is 22.3 Å². The van der Waals surface area contributed by atoms with Crippen LogP contribution in [0.5, 0.6) is 0 Å². The summed E-state index contributed by atoms with van der Waals surface area (Å²) in [6.45, 7) is 0.198. The Labute approximate surface area is 147 Å². The zero-order chi connectivity index (χ0) is 18.7. The highest BCUT2D eigenvalue weighted by Crippen LogP contribution is 2.30. The summed E-state index contributed by atoms with van der Waals surface area (Å²) in [4.78, 5) is 29.8. The van der Waals surface area contributed by atoms with Gasteiger partial charge in [-0.15, -0.1) is 0 Å². The molecule has 1 atom stereocenters. The number of benzene rings is 1. The first-order chi connectivity index (χ1) is 12.3. The number of carbonyl (C=O) groups is 2. The van der Waals surface area contributed by atoms with Crippen LogP contribution in [-0.4, -0.2) is 28.2 Å². The third-order valence-electron chi connectivity index (χ3n) is 4.13. The molecular formula is C18H16F3N3O2. The van der Waals surface area contributed by atoms with Gasteiger partial charge in [-0.2, -0.15) is 13.2 Å². The van der Waals surface area contributed by atoms with E-state index in [4.69, 9.17) is 0 Å². The maximum Gasteiger partial charge on any atom is 0.416 e. The number of pyridine rings is 1. The summed E-state index contributed by atoms with van der Waals surface area (Å²) in [5, 5.41) is 2.64. The number of amides is 2. The van der Waals surface area contributed by atoms with Crippen LogP contribution in [0.4, 0.5) is 19.0 Å². The number of nitrogens with zero attached hydrogens (tertiary/aromatic N) is 2. The fourth-order valence-corrected chi connectivity index (χ4v) is 2.83. The summed E-state index contributed by atoms with van der Waals surface area (Å²) in [6, 6.07) is 9.92. The molecule has 1 aliphatic heterocycles. The Morgan fingerprint density at radius 2 is 2.04 bits per heavy atom. The van der Waals surface area contributed by atoms with Crippen LogP contribution >= 0.6 is 0 Å². The Hall–Kier alpha value is -2.90. The molecule has 1 aliphatic rings. The molecule has 0 bridgehead atoms. The van der Waals surface area contributed by atoms with E-state index < -0.39 is 17.7 Å². The first-order valence-corrected chi connectivity index (χ1v) is 7.99. The minimum absolute atomic E-state index is 0.0254. The van der Waals surface area contributed by atoms with Crippen LogP contribution in [0.15, 0.2) is 48.7 Å². The molecule has 1 N–H and O–H groups in total. The van der Waals surface area contributed by atoms with Gasteiger partial charge in [-0.1, -0.05) is 18.2 Å². The smallest absolute Gasteiger partial charge is 0.338 e. The normalized spacial score (nSPS) is 17.4. The van der Waals surface area contributed by atoms with Gasteiger partial charge in [0, 0.05) is 25.7 Å². The lowest BCUT2D eigenvalue weighted by Gasteiger charge is -2.17. The fraction of sp³-hybridized carbons (Fsp3) is 0.278. The monoisotopic (exact) mass is 363 g/mol. The van der Waals surface area contributed by atoms with E-state index in [1.165, 1.54) is 23.2 Å². The highest BCUT2D eigenvalue weighted by molar-refractivity contribution is 5.96. The Morgan fingerprint density at radius 3 is 2.73 bits per heavy atom. The third kappa shape index (κ3) is 4.19. The molecule has 3 rings (SSSR count). The van der Waals surface area contributed by atoms with Crippen molar-refractivity contribution < 1.29 is 22.8 Å². The van der Waals surface area contributed by atoms with Crippen LogP contribution in [0, 0.1) is 5.92 Å². The molecule has 1 saturated heterocycles. The van der Waals surface area contributed by atoms with E-state index >= 15 is 0 Å². The average Bonchev–Trinajstić information content (AvgIpc) is 2.96. The summed E-state index contributed by atoms with van der Waals surface area (Å²) in [5.74, 6) is -0.760. The zero-order valence-corrected chi connectivity index (χ0v) is 13.7. The van der Waals surface area contributed by atoms with Crippen LogP contribution in [0.2, 0.25) is 0 Å². The first-order valence-electron chi connectivity index (χ1n) is 7.99. The number of hydrogen-bond donors (Lipinski definition) is 1. The van der Waals surface area contributed by atoms with Crippen LogP contribution in [0.25, 0.3) is 0 Å². The van der Waals surface area contributed by atoms with Gasteiger partial charge in [0.1, 0.15) is 5.82 Å². The molecule has 1 aromatic heterocycles. The minimum atomic E-state index is -4.43. The third-order valence-corrected chi connectivity index (χ3v) is 4.13. The van der Waals surface area contributed by atoms with Crippen molar-refractivity contribution in [3.63, 3.8) is 0 Å². The highest BCUT2D eigenvalue weighted by atomic mass is 19.4. The molecule has 2 aromatic rings. The molecule has 8 heteroatoms. The van der Waals surface area contributed by atoms with E-state index in [0.717, 1.165) is 12.1 Å². The Bertz CT molecular complexity index is 809. The maximum atomic E-state index is 12.8. The molecule has 0 radical (unpaired) electrons. The van der Waals surface area contributed by atoms with E-state index in [2.05, 4.69) is 10.3 Å². The van der Waals surface area contributed by atoms with Gasteiger partial charge < -0.3 is 10.2 Å². The fourth-order valence-electron chi connectivity index (χ4n) is 2.83. The molecule has 2 amide bonds. The maximum absolute atomic E-state index is 12.8. The van der Waals surface area contributed by atoms with Crippen molar-refractivity contribution in [3.05, 3.63) is 59.8 Å². The summed E-state index contributed by atoms with van der Waals surface area (Å²) in [5.41, 5.74) is -0.384. The second-order valence-electron chi connectivity index (χ2n) is 6.08. The lowest BCUT2D eigenvalue weighted by atomic mass is 10.1. The molecule has 2 heterocycles. The molecule has 5 nitrogen and oxygen atoms in total. The average molecular weight is 363 g/mol. The summed E-state index contributed by atoms with van der Waals surface area (Å²) in [7, 11) is 0. The molecule has 26 heavy (non-hydrogen) atoms. The van der Waals surface area contributed by atoms with Crippen LogP contribution < -0.4 is 5.32 Å². The van der Waals surface area contributed by atoms with Gasteiger partial charge in [-0.05, 0) is 29.8 Å². The van der Waals surface area contributed by atoms with Crippen molar-refractivity contribution in [1.82, 2.24) is 9.88 Å². The zero-order valence-electron chi connectivity index (χ0n) is 13.7. The predicted octanol–water partition coefficient (Wildman–Crippen LogP) is 3.09. The van der Waals surface area contributed by atoms with E-state index in [9.17, 15) is 22.8 Å². The van der Waals surface area contributed by atoms with Gasteiger partial charge in [0.05, 0.1) is 11.5 Å². The second kappa shape index (κ2) is 7.15. The van der Waals surface area contributed by atoms with Gasteiger partial charge >= 0.3 is 6.18 Å². The van der Waals surface area contributed by atoms with Crippen molar-refractivity contribution in [3.8, 4) is 0 Å². The number of halogens is 3. The number of likely N-dealkylation sites (tertiary alicyclic amines) is 1. The Morgan fingerprint density at radius 1 is 1.23 bits per heavy atom. The number of anilines is 1. The SMILES string of the molecule is O=C(Nc1ccccn1)[C@H]1CC(=O)N(Cc2cccc(C(F)(F)F)c2)C1. The largest absolute Gasteiger partial charge is 0.416 e. The number of hydrogen-bond acceptors (Lipinski definition) is 3. The van der Waals surface area contributed by atoms with Crippen LogP contribution in [0.3, 0.4) is 0 Å². The van der Waals surface area contributed by atoms with Gasteiger partial charge in [0.15, 0.2) is 0 Å². The van der Waals surface area contributed by atoms with Gasteiger partial charge in [0.25, 0.3) is 0 Å². The summed E-state index contributed by atoms with van der Waals surface area (Å²) < 4.78 is 38.4. The van der Waals surface area contributed by atoms with Gasteiger partial charge in [0.2, 0.25) is 11.8 Å². The van der Waals surface area contributed by atoms with Crippen molar-refractivity contribution >= 4 is 17.6 Å². The van der Waals surface area contributed by atoms with Gasteiger partial charge in [-0.3, -0.25) is 9.59 Å². The number of nitrogens with one attached hydrogen (secondary N) is 1. The Balaban J connectivity index is 1.64. The van der Waals surface area contributed by atoms with Crippen molar-refractivity contribution in [2.75, 3.05) is 11.9 Å². The standard InChI is InChI=1S/C18H16F3N3O2/c19-18(20,21)14-5-3-4-12(8-14)10-24-11-13(9-16(24)25)17(26)23-15-6-1-2-7-22-15/h1-8,13H,9-11H2,(H,22,23,26)/t13-/m0/s1. The van der Waals surface area contributed by atoms with E-state index in [0.29, 0.717) is 11.4 Å². The highest BCUT2D eigenvalue weighted by Gasteiger charge is 2.35. The first kappa shape index (κ1) is 17.9. The van der Waals surface area contributed by atoms with Crippen molar-refractivity contribution in [2.24, 2.45) is 5.92 Å². The molecule has 0 aliphatic carbocycles. The van der Waals surface area contributed by atoms with E-state index in [1.54, 1.807) is 18.2 Å². The van der Waals surface area contributed by atoms with E-state index in [-0.39, 0.29) is 31.3 Å². The molecule has 136 valence electrons. The number of alkyl halides is 3. The minimum Gasteiger partial charge on any atom is -0.338 e. The van der Waals surface area contributed by atoms with Crippen LogP contribution in [0.1, 0.15) is 17.5 Å². The molecular weight excluding hydrogens is 347 g/mol. The molecule has 1 aromatic carbocycles. The molecule has 0 unspecified atom stereocenters. The topological polar surface area (TPSA) is 62.3 Å². The summed E-state index contributed by atoms with van der Waals surface area (Å²) >= 11 is 0. The lowest BCUT2D eigenvalue weighted by molar-refractivity contribution is -0.137. The van der Waals surface area contributed by atoms with Crippen molar-refractivity contribution in [2.45, 2.75) is 19.1 Å². The quantitative estimate of drug-likeness (QED) is 0.908. The number of rotatable bonds is 4. The number of aromatic nitrogens is 1. The lowest BCUT2D eigenvalue weighted by Crippen LogP contribution is -2.28. The number of carbonyl (C=O) groups excluding carboxylic acids is 2. The summed E-state index contributed by atoms with van der Waals surface area (Å²) in [6.07, 6.45) is -2.87. The molecule has 0 saturated carbocycles. The predicted molar refractivity (Wildman–Crippen MR) is 87.8 cm³/mol.